The minimum atomic E-state index is -0.590. The molecule has 0 aliphatic heterocycles. The average molecular weight is 1100 g/mol. The molecule has 0 aromatic carbocycles. The molecule has 12 N–H and O–H groups in total. The van der Waals surface area contributed by atoms with E-state index in [0.717, 1.165) is 0 Å². The highest BCUT2D eigenvalue weighted by Crippen LogP contribution is 2.07. The Balaban J connectivity index is 5.20. The summed E-state index contributed by atoms with van der Waals surface area (Å²) in [4.78, 5) is 78.7. The summed E-state index contributed by atoms with van der Waals surface area (Å²) in [5.74, 6) is -0.913. The maximum absolute atomic E-state index is 13.2. The van der Waals surface area contributed by atoms with Crippen LogP contribution in [0.2, 0.25) is 0 Å². The van der Waals surface area contributed by atoms with Gasteiger partial charge in [-0.05, 0) is 41.5 Å². The zero-order valence-electron chi connectivity index (χ0n) is 46.6. The van der Waals surface area contributed by atoms with Gasteiger partial charge in [0, 0.05) is 91.6 Å². The summed E-state index contributed by atoms with van der Waals surface area (Å²) in [5, 5.41) is 22.8. The molecule has 0 aromatic rings. The maximum Gasteiger partial charge on any atom is 0.407 e. The molecule has 446 valence electrons. The van der Waals surface area contributed by atoms with Gasteiger partial charge in [-0.25, -0.2) is 9.59 Å². The molecule has 0 unspecified atom stereocenters. The van der Waals surface area contributed by atoms with Gasteiger partial charge in [0.05, 0.1) is 132 Å². The molecule has 0 aliphatic rings. The summed E-state index contributed by atoms with van der Waals surface area (Å²) >= 11 is 0. The van der Waals surface area contributed by atoms with Gasteiger partial charge in [-0.1, -0.05) is 0 Å². The molecule has 0 aromatic heterocycles. The Morgan fingerprint density at radius 3 is 0.882 bits per heavy atom. The molecular weight excluding hydrogens is 1000 g/mol. The molecule has 0 saturated carbocycles. The fourth-order valence-electron chi connectivity index (χ4n) is 5.93. The summed E-state index contributed by atoms with van der Waals surface area (Å²) in [6, 6.07) is 0. The fourth-order valence-corrected chi connectivity index (χ4v) is 5.93. The van der Waals surface area contributed by atoms with Crippen LogP contribution in [0.3, 0.4) is 0 Å². The zero-order chi connectivity index (χ0) is 56.4. The van der Waals surface area contributed by atoms with Crippen LogP contribution in [0.4, 0.5) is 9.59 Å². The number of carbonyl (C=O) groups is 6. The van der Waals surface area contributed by atoms with E-state index in [1.54, 1.807) is 41.5 Å². The average Bonchev–Trinajstić information content (AvgIpc) is 3.34. The number of rotatable bonds is 51. The Labute approximate surface area is 451 Å². The lowest BCUT2D eigenvalue weighted by Crippen LogP contribution is -2.48. The molecule has 6 amide bonds. The van der Waals surface area contributed by atoms with E-state index in [4.69, 9.17) is 58.8 Å². The highest BCUT2D eigenvalue weighted by atomic mass is 16.6. The minimum absolute atomic E-state index is 0.0306. The standard InChI is InChI=1S/C48H98N12O16/c1-47(2,3)75-45(65)57-15-27-73-35-33-70-24-12-54-42(62)38-52-10-17-59(39-43(63)55-13-25-71-32-30-68-22-8-50)19-20-60(18-9-51-37-41(61)53-11-23-69-31-29-67-21-7-49)40-44(64)56-14-26-72-34-36-74-28-16-58-46(66)76-48(4,5)6/h51-52H,7-40,49-50H2,1-6H3,(H,53,61)(H,54,62)(H,55,63)(H,56,64)(H,57,65)(H,58,66). The molecule has 28 heteroatoms. The predicted octanol–water partition coefficient (Wildman–Crippen LogP) is -3.67. The second-order valence-electron chi connectivity index (χ2n) is 18.6. The van der Waals surface area contributed by atoms with Crippen LogP contribution < -0.4 is 54.0 Å². The first-order valence-corrected chi connectivity index (χ1v) is 26.3. The summed E-state index contributed by atoms with van der Waals surface area (Å²) in [6.45, 7) is 21.2. The zero-order valence-corrected chi connectivity index (χ0v) is 46.6. The fraction of sp³-hybridized carbons (Fsp3) is 0.875. The predicted molar refractivity (Wildman–Crippen MR) is 284 cm³/mol. The van der Waals surface area contributed by atoms with Gasteiger partial charge in [0.2, 0.25) is 23.6 Å². The van der Waals surface area contributed by atoms with Crippen molar-refractivity contribution in [2.45, 2.75) is 52.7 Å². The number of carbonyl (C=O) groups excluding carboxylic acids is 6. The van der Waals surface area contributed by atoms with Gasteiger partial charge in [-0.2, -0.15) is 0 Å². The van der Waals surface area contributed by atoms with Crippen molar-refractivity contribution in [3.63, 3.8) is 0 Å². The Morgan fingerprint density at radius 2 is 0.605 bits per heavy atom. The van der Waals surface area contributed by atoms with Crippen molar-refractivity contribution < 1.29 is 76.1 Å². The second-order valence-corrected chi connectivity index (χ2v) is 18.6. The van der Waals surface area contributed by atoms with Gasteiger partial charge in [0.15, 0.2) is 0 Å². The van der Waals surface area contributed by atoms with E-state index >= 15 is 0 Å². The van der Waals surface area contributed by atoms with Crippen molar-refractivity contribution in [1.29, 1.82) is 0 Å². The van der Waals surface area contributed by atoms with Gasteiger partial charge in [0.1, 0.15) is 11.2 Å². The summed E-state index contributed by atoms with van der Waals surface area (Å²) < 4.78 is 54.0. The summed E-state index contributed by atoms with van der Waals surface area (Å²) in [7, 11) is 0. The van der Waals surface area contributed by atoms with Gasteiger partial charge < -0.3 is 101 Å². The third-order valence-corrected chi connectivity index (χ3v) is 9.36. The SMILES string of the molecule is CC(C)(C)OC(=O)NCCOCCOCCNC(=O)CNCCN(CCN(CCNCC(=O)NCCOCCOCCN)CC(=O)NCCOCCOCCNC(=O)OC(C)(C)C)CC(=O)NCCOCCOCCN. The number of ether oxygens (including phenoxy) is 10. The molecular formula is C48H98N12O16. The lowest BCUT2D eigenvalue weighted by molar-refractivity contribution is -0.124. The normalized spacial score (nSPS) is 11.7. The molecule has 0 saturated heterocycles. The lowest BCUT2D eigenvalue weighted by Gasteiger charge is -2.27. The molecule has 28 nitrogen and oxygen atoms in total. The van der Waals surface area contributed by atoms with E-state index in [2.05, 4.69) is 42.5 Å². The molecule has 0 atom stereocenters. The van der Waals surface area contributed by atoms with Crippen LogP contribution in [-0.2, 0) is 66.5 Å². The number of nitrogens with one attached hydrogen (secondary N) is 8. The highest BCUT2D eigenvalue weighted by Gasteiger charge is 2.18. The smallest absolute Gasteiger partial charge is 0.407 e. The van der Waals surface area contributed by atoms with E-state index in [1.165, 1.54) is 0 Å². The van der Waals surface area contributed by atoms with E-state index in [9.17, 15) is 28.8 Å². The Bertz CT molecular complexity index is 1480. The van der Waals surface area contributed by atoms with Gasteiger partial charge >= 0.3 is 12.2 Å². The largest absolute Gasteiger partial charge is 0.444 e. The Hall–Kier alpha value is -4.14. The first-order chi connectivity index (χ1) is 36.4. The van der Waals surface area contributed by atoms with Crippen LogP contribution in [0, 0.1) is 0 Å². The number of alkyl carbamates (subject to hydrolysis) is 2. The molecule has 0 heterocycles. The van der Waals surface area contributed by atoms with Gasteiger partial charge in [0.25, 0.3) is 0 Å². The number of hydrogen-bond acceptors (Lipinski definition) is 22. The monoisotopic (exact) mass is 1100 g/mol. The maximum atomic E-state index is 13.2. The number of nitrogens with zero attached hydrogens (tertiary/aromatic N) is 2. The first kappa shape index (κ1) is 71.9. The van der Waals surface area contributed by atoms with Crippen LogP contribution in [0.1, 0.15) is 41.5 Å². The minimum Gasteiger partial charge on any atom is -0.444 e. The van der Waals surface area contributed by atoms with Crippen LogP contribution >= 0.6 is 0 Å². The van der Waals surface area contributed by atoms with Crippen LogP contribution in [0.15, 0.2) is 0 Å². The third-order valence-electron chi connectivity index (χ3n) is 9.36. The van der Waals surface area contributed by atoms with Crippen molar-refractivity contribution in [2.75, 3.05) is 224 Å². The summed E-state index contributed by atoms with van der Waals surface area (Å²) in [5.41, 5.74) is 9.68. The van der Waals surface area contributed by atoms with Gasteiger partial charge in [-0.3, -0.25) is 29.0 Å². The molecule has 0 fully saturated rings. The van der Waals surface area contributed by atoms with E-state index in [0.29, 0.717) is 158 Å². The van der Waals surface area contributed by atoms with Crippen molar-refractivity contribution in [3.05, 3.63) is 0 Å². The van der Waals surface area contributed by atoms with E-state index in [-0.39, 0.29) is 89.3 Å². The first-order valence-electron chi connectivity index (χ1n) is 26.3. The number of hydrogen-bond donors (Lipinski definition) is 10. The van der Waals surface area contributed by atoms with Crippen molar-refractivity contribution in [3.8, 4) is 0 Å². The topological polar surface area (TPSA) is 349 Å². The second kappa shape index (κ2) is 49.2. The van der Waals surface area contributed by atoms with E-state index in [1.807, 2.05) is 9.80 Å². The van der Waals surface area contributed by atoms with Crippen molar-refractivity contribution in [1.82, 2.24) is 52.3 Å². The highest BCUT2D eigenvalue weighted by molar-refractivity contribution is 5.79. The van der Waals surface area contributed by atoms with Crippen molar-refractivity contribution >= 4 is 35.8 Å². The molecule has 76 heavy (non-hydrogen) atoms. The van der Waals surface area contributed by atoms with Gasteiger partial charge in [-0.15, -0.1) is 0 Å². The number of nitrogens with two attached hydrogens (primary N) is 2. The molecule has 0 aliphatic carbocycles. The van der Waals surface area contributed by atoms with Crippen LogP contribution in [0.5, 0.6) is 0 Å². The third kappa shape index (κ3) is 53.3. The van der Waals surface area contributed by atoms with Crippen LogP contribution in [-0.4, -0.2) is 280 Å². The Morgan fingerprint density at radius 1 is 0.342 bits per heavy atom. The lowest BCUT2D eigenvalue weighted by atomic mass is 10.2. The summed E-state index contributed by atoms with van der Waals surface area (Å²) in [6.07, 6.45) is -1.03. The molecule has 0 bridgehead atoms. The quantitative estimate of drug-likeness (QED) is 0.0263. The molecule has 0 spiro atoms. The number of amides is 6. The Kier molecular flexibility index (Phi) is 46.5. The van der Waals surface area contributed by atoms with Crippen LogP contribution in [0.25, 0.3) is 0 Å². The van der Waals surface area contributed by atoms with E-state index < -0.39 is 23.4 Å². The molecule has 0 radical (unpaired) electrons. The van der Waals surface area contributed by atoms with Crippen molar-refractivity contribution in [2.24, 2.45) is 11.5 Å². The molecule has 0 rings (SSSR count).